The van der Waals surface area contributed by atoms with Crippen LogP contribution < -0.4 is 20.1 Å². The van der Waals surface area contributed by atoms with Crippen LogP contribution in [0.2, 0.25) is 0 Å². The maximum atomic E-state index is 14.7. The van der Waals surface area contributed by atoms with Gasteiger partial charge < -0.3 is 43.8 Å². The van der Waals surface area contributed by atoms with E-state index in [9.17, 15) is 28.8 Å². The van der Waals surface area contributed by atoms with E-state index in [1.807, 2.05) is 121 Å². The van der Waals surface area contributed by atoms with Crippen molar-refractivity contribution in [3.63, 3.8) is 0 Å². The smallest absolute Gasteiger partial charge is 0.310 e. The third kappa shape index (κ3) is 35.3. The van der Waals surface area contributed by atoms with E-state index in [0.29, 0.717) is 64.5 Å². The summed E-state index contributed by atoms with van der Waals surface area (Å²) in [6.45, 7) is 9.07. The van der Waals surface area contributed by atoms with E-state index >= 15 is 0 Å². The molecule has 0 radical (unpaired) electrons. The summed E-state index contributed by atoms with van der Waals surface area (Å²) in [7, 11) is 0. The Morgan fingerprint density at radius 1 is 0.456 bits per heavy atom. The minimum absolute atomic E-state index is 0.0140. The van der Waals surface area contributed by atoms with Gasteiger partial charge in [-0.05, 0) is 78.9 Å². The standard InChI is InChI=1S/C70H92N2O13S5/c1-3-31-79-32-19-37-86-38-30-72-70(78)59(28-17-18-29-71-4-2)49-65(73)60-47-61(84-51-63(89-41-35-82-68(76)45-57-24-13-7-14-25-57)53-87-39-33-80-66(74)43-55-20-9-5-10-21-55)50-62(48-60)85-52-64(90-42-36-83-69(77)46-58-26-15-8-16-27-58)54-88-40-34-81-67(75)44-56-22-11-6-12-23-56/h5-16,20-27,47-48,50,59,63-64,71H,3-4,17-19,28-46,49,51-54H2,1-2H3,(H,72,78). The fourth-order valence-electron chi connectivity index (χ4n) is 8.91. The number of unbranched alkanes of at least 4 members (excludes halogenated alkanes) is 1. The van der Waals surface area contributed by atoms with Crippen LogP contribution in [-0.2, 0) is 73.3 Å². The summed E-state index contributed by atoms with van der Waals surface area (Å²) in [6.07, 6.45) is 4.80. The third-order valence-corrected chi connectivity index (χ3v) is 19.5. The summed E-state index contributed by atoms with van der Waals surface area (Å²) in [5, 5.41) is 6.25. The van der Waals surface area contributed by atoms with Crippen LogP contribution in [0.25, 0.3) is 0 Å². The van der Waals surface area contributed by atoms with Crippen molar-refractivity contribution in [1.82, 2.24) is 10.6 Å². The molecule has 0 heterocycles. The second-order valence-electron chi connectivity index (χ2n) is 21.0. The van der Waals surface area contributed by atoms with E-state index < -0.39 is 5.92 Å². The molecular formula is C70H92N2O13S5. The number of ether oxygens (including phenoxy) is 7. The highest BCUT2D eigenvalue weighted by Gasteiger charge is 2.24. The predicted molar refractivity (Wildman–Crippen MR) is 370 cm³/mol. The zero-order chi connectivity index (χ0) is 63.9. The van der Waals surface area contributed by atoms with Gasteiger partial charge in [-0.15, -0.1) is 0 Å². The Kier molecular flexibility index (Phi) is 40.2. The normalized spacial score (nSPS) is 12.1. The lowest BCUT2D eigenvalue weighted by Gasteiger charge is -2.20. The van der Waals surface area contributed by atoms with Gasteiger partial charge in [0, 0.05) is 94.5 Å². The quantitative estimate of drug-likeness (QED) is 0.0162. The minimum atomic E-state index is -0.560. The molecule has 0 aliphatic rings. The zero-order valence-corrected chi connectivity index (χ0v) is 56.4. The lowest BCUT2D eigenvalue weighted by molar-refractivity contribution is -0.143. The maximum Gasteiger partial charge on any atom is 0.310 e. The maximum absolute atomic E-state index is 14.7. The molecule has 90 heavy (non-hydrogen) atoms. The van der Waals surface area contributed by atoms with Crippen LogP contribution in [0.3, 0.4) is 0 Å². The Bertz CT molecular complexity index is 2620. The molecule has 0 saturated carbocycles. The van der Waals surface area contributed by atoms with Crippen molar-refractivity contribution < 1.29 is 61.9 Å². The zero-order valence-electron chi connectivity index (χ0n) is 52.4. The van der Waals surface area contributed by atoms with Gasteiger partial charge in [-0.25, -0.2) is 0 Å². The molecule has 0 bridgehead atoms. The number of thioether (sulfide) groups is 5. The average Bonchev–Trinajstić information content (AvgIpc) is 2.42. The van der Waals surface area contributed by atoms with Crippen molar-refractivity contribution in [2.24, 2.45) is 5.92 Å². The molecule has 5 aromatic carbocycles. The molecule has 5 rings (SSSR count). The predicted octanol–water partition coefficient (Wildman–Crippen LogP) is 11.9. The Hall–Kier alpha value is -5.61. The van der Waals surface area contributed by atoms with Crippen molar-refractivity contribution in [3.8, 4) is 11.5 Å². The first kappa shape index (κ1) is 75.1. The van der Waals surface area contributed by atoms with Crippen LogP contribution in [-0.4, -0.2) is 165 Å². The molecule has 490 valence electrons. The molecule has 15 nitrogen and oxygen atoms in total. The molecule has 0 aromatic heterocycles. The van der Waals surface area contributed by atoms with E-state index in [4.69, 9.17) is 33.2 Å². The molecule has 3 atom stereocenters. The van der Waals surface area contributed by atoms with Gasteiger partial charge >= 0.3 is 23.9 Å². The molecule has 0 saturated heterocycles. The van der Waals surface area contributed by atoms with Gasteiger partial charge in [0.15, 0.2) is 5.78 Å². The second-order valence-corrected chi connectivity index (χ2v) is 27.4. The molecule has 2 N–H and O–H groups in total. The highest BCUT2D eigenvalue weighted by atomic mass is 32.2. The van der Waals surface area contributed by atoms with Gasteiger partial charge in [0.25, 0.3) is 0 Å². The molecule has 0 fully saturated rings. The number of benzene rings is 5. The first-order valence-corrected chi connectivity index (χ1v) is 36.9. The number of hydrogen-bond donors (Lipinski definition) is 2. The van der Waals surface area contributed by atoms with Gasteiger partial charge in [-0.1, -0.05) is 142 Å². The number of hydrogen-bond acceptors (Lipinski definition) is 19. The number of rotatable bonds is 51. The lowest BCUT2D eigenvalue weighted by atomic mass is 9.92. The highest BCUT2D eigenvalue weighted by Crippen LogP contribution is 2.29. The number of esters is 4. The van der Waals surface area contributed by atoms with Crippen molar-refractivity contribution in [1.29, 1.82) is 0 Å². The summed E-state index contributed by atoms with van der Waals surface area (Å²) in [4.78, 5) is 79.6. The molecular weight excluding hydrogens is 1240 g/mol. The monoisotopic (exact) mass is 1330 g/mol. The number of carbonyl (C=O) groups excluding carboxylic acids is 6. The molecule has 5 aromatic rings. The van der Waals surface area contributed by atoms with Crippen molar-refractivity contribution >= 4 is 94.4 Å². The SMILES string of the molecule is CCCOCCCSCCNC(=O)C(CCCCNCC)CC(=O)c1cc(OCC(CSCCOC(=O)Cc2ccccc2)SCCOC(=O)Cc2ccccc2)cc(OCC(CSCCOC(=O)Cc2ccccc2)SCCOC(=O)Cc2ccccc2)c1. The van der Waals surface area contributed by atoms with Crippen LogP contribution in [0.4, 0.5) is 0 Å². The fraction of sp³-hybridized carbons (Fsp3) is 0.486. The van der Waals surface area contributed by atoms with E-state index in [-0.39, 0.29) is 118 Å². The van der Waals surface area contributed by atoms with E-state index in [0.717, 1.165) is 85.7 Å². The average molecular weight is 1330 g/mol. The number of ketones is 1. The Labute approximate surface area is 555 Å². The molecule has 0 aliphatic heterocycles. The summed E-state index contributed by atoms with van der Waals surface area (Å²) >= 11 is 8.20. The summed E-state index contributed by atoms with van der Waals surface area (Å²) < 4.78 is 41.4. The molecule has 1 amide bonds. The minimum Gasteiger partial charge on any atom is -0.492 e. The van der Waals surface area contributed by atoms with E-state index in [1.165, 1.54) is 0 Å². The first-order valence-electron chi connectivity index (χ1n) is 31.3. The van der Waals surface area contributed by atoms with E-state index in [1.54, 1.807) is 77.0 Å². The number of carbonyl (C=O) groups is 6. The molecule has 0 spiro atoms. The van der Waals surface area contributed by atoms with Crippen LogP contribution in [0.15, 0.2) is 140 Å². The van der Waals surface area contributed by atoms with Crippen molar-refractivity contribution in [2.75, 3.05) is 119 Å². The molecule has 3 unspecified atom stereocenters. The molecule has 0 aliphatic carbocycles. The lowest BCUT2D eigenvalue weighted by Crippen LogP contribution is -2.33. The fourth-order valence-corrected chi connectivity index (χ4v) is 13.8. The largest absolute Gasteiger partial charge is 0.492 e. The summed E-state index contributed by atoms with van der Waals surface area (Å²) in [5.74, 6) is 3.65. The van der Waals surface area contributed by atoms with Crippen LogP contribution in [0.1, 0.15) is 85.0 Å². The van der Waals surface area contributed by atoms with Crippen LogP contribution in [0.5, 0.6) is 11.5 Å². The van der Waals surface area contributed by atoms with Crippen molar-refractivity contribution in [2.45, 2.75) is 88.6 Å². The van der Waals surface area contributed by atoms with Crippen molar-refractivity contribution in [3.05, 3.63) is 167 Å². The Morgan fingerprint density at radius 2 is 0.900 bits per heavy atom. The van der Waals surface area contributed by atoms with Crippen LogP contribution in [0, 0.1) is 5.92 Å². The molecule has 20 heteroatoms. The number of Topliss-reactive ketones (excluding diaryl/α,β-unsaturated/α-hetero) is 1. The van der Waals surface area contributed by atoms with Gasteiger partial charge in [0.2, 0.25) is 5.91 Å². The van der Waals surface area contributed by atoms with Gasteiger partial charge in [-0.2, -0.15) is 58.8 Å². The topological polar surface area (TPSA) is 191 Å². The summed E-state index contributed by atoms with van der Waals surface area (Å²) in [6, 6.07) is 43.1. The van der Waals surface area contributed by atoms with Gasteiger partial charge in [0.1, 0.15) is 51.1 Å². The third-order valence-electron chi connectivity index (χ3n) is 13.5. The number of nitrogens with one attached hydrogen (secondary N) is 2. The summed E-state index contributed by atoms with van der Waals surface area (Å²) in [5.41, 5.74) is 3.85. The second kappa shape index (κ2) is 48.2. The van der Waals surface area contributed by atoms with E-state index in [2.05, 4.69) is 24.5 Å². The Morgan fingerprint density at radius 3 is 1.33 bits per heavy atom. The van der Waals surface area contributed by atoms with Crippen LogP contribution >= 0.6 is 58.8 Å². The van der Waals surface area contributed by atoms with Gasteiger partial charge in [-0.3, -0.25) is 28.8 Å². The first-order chi connectivity index (χ1) is 44.1. The number of amides is 1. The Balaban J connectivity index is 1.32. The highest BCUT2D eigenvalue weighted by molar-refractivity contribution is 8.03. The van der Waals surface area contributed by atoms with Gasteiger partial charge in [0.05, 0.1) is 25.7 Å².